The second-order valence-electron chi connectivity index (χ2n) is 10.1. The molecular formula is C36H20O2. The van der Waals surface area contributed by atoms with Crippen LogP contribution in [-0.2, 0) is 0 Å². The predicted octanol–water partition coefficient (Wildman–Crippen LogP) is 10.6. The molecule has 0 saturated carbocycles. The lowest BCUT2D eigenvalue weighted by Crippen LogP contribution is -1.85. The minimum atomic E-state index is 0.901. The number of fused-ring (bicyclic) bond motifs is 10. The number of benzene rings is 7. The summed E-state index contributed by atoms with van der Waals surface area (Å²) in [5.74, 6) is 0. The summed E-state index contributed by atoms with van der Waals surface area (Å²) < 4.78 is 12.7. The molecule has 2 heteroatoms. The van der Waals surface area contributed by atoms with Gasteiger partial charge in [-0.15, -0.1) is 0 Å². The summed E-state index contributed by atoms with van der Waals surface area (Å²) in [5, 5.41) is 11.8. The fraction of sp³-hybridized carbons (Fsp3) is 0. The number of hydrogen-bond donors (Lipinski definition) is 0. The molecule has 9 aromatic rings. The van der Waals surface area contributed by atoms with Crippen LogP contribution >= 0.6 is 0 Å². The quantitative estimate of drug-likeness (QED) is 0.217. The maximum atomic E-state index is 6.54. The summed E-state index contributed by atoms with van der Waals surface area (Å²) in [6, 6.07) is 43.1. The van der Waals surface area contributed by atoms with Crippen LogP contribution in [0.15, 0.2) is 130 Å². The third kappa shape index (κ3) is 2.66. The lowest BCUT2D eigenvalue weighted by Gasteiger charge is -2.12. The van der Waals surface area contributed by atoms with Gasteiger partial charge in [-0.1, -0.05) is 78.9 Å². The van der Waals surface area contributed by atoms with Crippen molar-refractivity contribution in [2.75, 3.05) is 0 Å². The van der Waals surface area contributed by atoms with Gasteiger partial charge in [-0.05, 0) is 80.5 Å². The van der Waals surface area contributed by atoms with Crippen LogP contribution in [0.25, 0.3) is 87.3 Å². The molecule has 0 N–H and O–H groups in total. The van der Waals surface area contributed by atoms with E-state index in [1.807, 2.05) is 12.1 Å². The first-order chi connectivity index (χ1) is 18.8. The van der Waals surface area contributed by atoms with E-state index in [-0.39, 0.29) is 0 Å². The van der Waals surface area contributed by atoms with Crippen molar-refractivity contribution in [2.45, 2.75) is 0 Å². The molecule has 0 spiro atoms. The molecule has 2 nitrogen and oxygen atoms in total. The van der Waals surface area contributed by atoms with Crippen molar-refractivity contribution in [1.29, 1.82) is 0 Å². The molecule has 0 fully saturated rings. The molecule has 0 saturated heterocycles. The van der Waals surface area contributed by atoms with E-state index in [4.69, 9.17) is 8.83 Å². The van der Waals surface area contributed by atoms with Crippen molar-refractivity contribution in [2.24, 2.45) is 0 Å². The molecule has 0 atom stereocenters. The van der Waals surface area contributed by atoms with Crippen LogP contribution in [0.1, 0.15) is 0 Å². The second kappa shape index (κ2) is 7.24. The SMILES string of the molecule is c1ccc2c(-c3ccc4oc5c6cc7c(cc6ccc5c4c3)oc3ccccc37)c3ccccc3cc2c1. The molecule has 2 aromatic heterocycles. The van der Waals surface area contributed by atoms with E-state index in [1.165, 1.54) is 32.7 Å². The largest absolute Gasteiger partial charge is 0.456 e. The molecule has 9 rings (SSSR count). The predicted molar refractivity (Wildman–Crippen MR) is 159 cm³/mol. The van der Waals surface area contributed by atoms with E-state index < -0.39 is 0 Å². The third-order valence-electron chi connectivity index (χ3n) is 8.01. The van der Waals surface area contributed by atoms with Gasteiger partial charge in [0, 0.05) is 26.9 Å². The minimum Gasteiger partial charge on any atom is -0.456 e. The Morgan fingerprint density at radius 3 is 1.82 bits per heavy atom. The third-order valence-corrected chi connectivity index (χ3v) is 8.01. The molecule has 0 aliphatic heterocycles. The van der Waals surface area contributed by atoms with Gasteiger partial charge < -0.3 is 8.83 Å². The zero-order valence-corrected chi connectivity index (χ0v) is 20.4. The molecule has 0 aliphatic carbocycles. The number of para-hydroxylation sites is 1. The number of furan rings is 2. The van der Waals surface area contributed by atoms with Crippen LogP contribution in [0.2, 0.25) is 0 Å². The van der Waals surface area contributed by atoms with Crippen molar-refractivity contribution in [3.8, 4) is 11.1 Å². The molecule has 0 radical (unpaired) electrons. The van der Waals surface area contributed by atoms with E-state index in [0.717, 1.165) is 54.6 Å². The van der Waals surface area contributed by atoms with E-state index in [9.17, 15) is 0 Å². The maximum Gasteiger partial charge on any atom is 0.143 e. The monoisotopic (exact) mass is 484 g/mol. The minimum absolute atomic E-state index is 0.901. The first-order valence-corrected chi connectivity index (χ1v) is 12.9. The molecule has 176 valence electrons. The van der Waals surface area contributed by atoms with Gasteiger partial charge in [-0.25, -0.2) is 0 Å². The molecule has 0 amide bonds. The Kier molecular flexibility index (Phi) is 3.82. The van der Waals surface area contributed by atoms with Gasteiger partial charge in [0.25, 0.3) is 0 Å². The zero-order valence-electron chi connectivity index (χ0n) is 20.4. The van der Waals surface area contributed by atoms with Crippen molar-refractivity contribution in [1.82, 2.24) is 0 Å². The van der Waals surface area contributed by atoms with Crippen LogP contribution in [0, 0.1) is 0 Å². The van der Waals surface area contributed by atoms with Gasteiger partial charge in [0.05, 0.1) is 0 Å². The highest BCUT2D eigenvalue weighted by atomic mass is 16.3. The highest BCUT2D eigenvalue weighted by Gasteiger charge is 2.16. The molecule has 2 heterocycles. The summed E-state index contributed by atoms with van der Waals surface area (Å²) >= 11 is 0. The first-order valence-electron chi connectivity index (χ1n) is 12.9. The summed E-state index contributed by atoms with van der Waals surface area (Å²) in [4.78, 5) is 0. The van der Waals surface area contributed by atoms with Crippen molar-refractivity contribution in [3.05, 3.63) is 121 Å². The summed E-state index contributed by atoms with van der Waals surface area (Å²) in [7, 11) is 0. The standard InChI is InChI=1S/C36H20O2/c1-3-9-25-21(7-1)17-22-8-2-4-10-26(22)35(25)24-14-16-33-30(18-24)28-15-13-23-19-34-31(20-29(23)36(28)38-33)27-11-5-6-12-32(27)37-34/h1-20H. The highest BCUT2D eigenvalue weighted by Crippen LogP contribution is 2.42. The normalized spacial score (nSPS) is 12.2. The Morgan fingerprint density at radius 2 is 1.00 bits per heavy atom. The molecule has 0 bridgehead atoms. The zero-order chi connectivity index (χ0) is 24.8. The van der Waals surface area contributed by atoms with Crippen molar-refractivity contribution >= 4 is 76.2 Å². The Hall–Kier alpha value is -5.08. The van der Waals surface area contributed by atoms with Gasteiger partial charge in [0.1, 0.15) is 22.3 Å². The lowest BCUT2D eigenvalue weighted by atomic mass is 9.91. The van der Waals surface area contributed by atoms with E-state index in [2.05, 4.69) is 109 Å². The Morgan fingerprint density at radius 1 is 0.342 bits per heavy atom. The van der Waals surface area contributed by atoms with Gasteiger partial charge >= 0.3 is 0 Å². The first kappa shape index (κ1) is 20.0. The fourth-order valence-electron chi connectivity index (χ4n) is 6.26. The van der Waals surface area contributed by atoms with Crippen LogP contribution in [0.5, 0.6) is 0 Å². The van der Waals surface area contributed by atoms with Gasteiger partial charge in [0.2, 0.25) is 0 Å². The van der Waals surface area contributed by atoms with Gasteiger partial charge in [0.15, 0.2) is 0 Å². The van der Waals surface area contributed by atoms with Crippen molar-refractivity contribution < 1.29 is 8.83 Å². The van der Waals surface area contributed by atoms with E-state index in [0.29, 0.717) is 0 Å². The molecular weight excluding hydrogens is 464 g/mol. The Bertz CT molecular complexity index is 2350. The molecule has 0 aliphatic rings. The molecule has 0 unspecified atom stereocenters. The van der Waals surface area contributed by atoms with Crippen LogP contribution in [0.3, 0.4) is 0 Å². The topological polar surface area (TPSA) is 26.3 Å². The van der Waals surface area contributed by atoms with Crippen molar-refractivity contribution in [3.63, 3.8) is 0 Å². The van der Waals surface area contributed by atoms with Gasteiger partial charge in [-0.3, -0.25) is 0 Å². The van der Waals surface area contributed by atoms with Crippen LogP contribution in [0.4, 0.5) is 0 Å². The summed E-state index contributed by atoms with van der Waals surface area (Å²) in [5.41, 5.74) is 6.10. The fourth-order valence-corrected chi connectivity index (χ4v) is 6.26. The molecule has 38 heavy (non-hydrogen) atoms. The van der Waals surface area contributed by atoms with Gasteiger partial charge in [-0.2, -0.15) is 0 Å². The van der Waals surface area contributed by atoms with Crippen LogP contribution < -0.4 is 0 Å². The lowest BCUT2D eigenvalue weighted by molar-refractivity contribution is 0.669. The second-order valence-corrected chi connectivity index (χ2v) is 10.1. The Balaban J connectivity index is 1.36. The smallest absolute Gasteiger partial charge is 0.143 e. The molecule has 7 aromatic carbocycles. The van der Waals surface area contributed by atoms with Crippen LogP contribution in [-0.4, -0.2) is 0 Å². The summed E-state index contributed by atoms with van der Waals surface area (Å²) in [6.07, 6.45) is 0. The highest BCUT2D eigenvalue weighted by molar-refractivity contribution is 6.20. The number of rotatable bonds is 1. The Labute approximate surface area is 217 Å². The number of hydrogen-bond acceptors (Lipinski definition) is 2. The maximum absolute atomic E-state index is 6.54. The van der Waals surface area contributed by atoms with E-state index >= 15 is 0 Å². The van der Waals surface area contributed by atoms with E-state index in [1.54, 1.807) is 0 Å². The summed E-state index contributed by atoms with van der Waals surface area (Å²) in [6.45, 7) is 0. The average molecular weight is 485 g/mol. The average Bonchev–Trinajstić information content (AvgIpc) is 3.52.